The maximum Gasteiger partial charge on any atom is 0.229 e. The fourth-order valence-electron chi connectivity index (χ4n) is 7.81. The van der Waals surface area contributed by atoms with E-state index in [0.29, 0.717) is 54.2 Å². The predicted molar refractivity (Wildman–Crippen MR) is 192 cm³/mol. The van der Waals surface area contributed by atoms with Crippen LogP contribution in [0.5, 0.6) is 11.5 Å². The van der Waals surface area contributed by atoms with Crippen LogP contribution in [-0.4, -0.2) is 116 Å². The van der Waals surface area contributed by atoms with Crippen LogP contribution in [0.25, 0.3) is 11.2 Å². The molecule has 5 heterocycles. The number of benzene rings is 2. The molecule has 0 radical (unpaired) electrons. The summed E-state index contributed by atoms with van der Waals surface area (Å²) in [7, 11) is 0. The van der Waals surface area contributed by atoms with Crippen LogP contribution in [0.1, 0.15) is 67.6 Å². The summed E-state index contributed by atoms with van der Waals surface area (Å²) in [5.41, 5.74) is 3.07. The molecule has 2 aliphatic heterocycles. The molecule has 0 spiro atoms. The summed E-state index contributed by atoms with van der Waals surface area (Å²) in [5.74, 6) is 1.95. The summed E-state index contributed by atoms with van der Waals surface area (Å²) < 4.78 is 1.85. The van der Waals surface area contributed by atoms with Gasteiger partial charge in [0.05, 0.1) is 12.4 Å². The molecule has 0 bridgehead atoms. The minimum absolute atomic E-state index is 0. The van der Waals surface area contributed by atoms with Crippen molar-refractivity contribution in [3.8, 4) is 11.5 Å². The molecular formula is C35H44ClN11O4. The fourth-order valence-corrected chi connectivity index (χ4v) is 7.81. The SMILES string of the molecule is CCc1nnn([C@H]2C[C@@H](n3cnc4c(NCC(c5ccc(O)cc5)c5ccc(O)cc5)nc(N5CC[C@@H](N6CCCC6)C5)nc43)[C@H](O)[C@@H]2O)n1.Cl. The number of aliphatic hydroxyl groups is 2. The monoisotopic (exact) mass is 717 g/mol. The highest BCUT2D eigenvalue weighted by Crippen LogP contribution is 2.40. The molecule has 3 aromatic heterocycles. The molecule has 3 fully saturated rings. The summed E-state index contributed by atoms with van der Waals surface area (Å²) in [6.45, 7) is 6.28. The lowest BCUT2D eigenvalue weighted by Gasteiger charge is -2.24. The first-order chi connectivity index (χ1) is 24.4. The summed E-state index contributed by atoms with van der Waals surface area (Å²) in [4.78, 5) is 21.1. The first kappa shape index (κ1) is 34.9. The Morgan fingerprint density at radius 1 is 0.882 bits per heavy atom. The number of imidazole rings is 1. The largest absolute Gasteiger partial charge is 0.508 e. The Morgan fingerprint density at radius 2 is 1.55 bits per heavy atom. The Morgan fingerprint density at radius 3 is 2.20 bits per heavy atom. The summed E-state index contributed by atoms with van der Waals surface area (Å²) in [6, 6.07) is 13.6. The lowest BCUT2D eigenvalue weighted by molar-refractivity contribution is 0.00473. The van der Waals surface area contributed by atoms with Crippen molar-refractivity contribution in [2.45, 2.75) is 75.3 Å². The van der Waals surface area contributed by atoms with E-state index in [2.05, 4.69) is 30.5 Å². The van der Waals surface area contributed by atoms with Crippen LogP contribution in [0, 0.1) is 0 Å². The van der Waals surface area contributed by atoms with E-state index < -0.39 is 24.3 Å². The Labute approximate surface area is 301 Å². The number of aryl methyl sites for hydroxylation is 1. The van der Waals surface area contributed by atoms with Crippen molar-refractivity contribution < 1.29 is 20.4 Å². The van der Waals surface area contributed by atoms with Gasteiger partial charge >= 0.3 is 0 Å². The molecule has 2 aromatic carbocycles. The van der Waals surface area contributed by atoms with Crippen LogP contribution >= 0.6 is 12.4 Å². The molecule has 1 saturated carbocycles. The topological polar surface area (TPSA) is 187 Å². The van der Waals surface area contributed by atoms with E-state index in [4.69, 9.17) is 15.0 Å². The molecule has 8 rings (SSSR count). The maximum atomic E-state index is 11.4. The normalized spacial score (nSPS) is 23.8. The van der Waals surface area contributed by atoms with Crippen LogP contribution in [0.15, 0.2) is 54.9 Å². The minimum atomic E-state index is -1.11. The highest BCUT2D eigenvalue weighted by molar-refractivity contribution is 5.85. The van der Waals surface area contributed by atoms with E-state index in [1.54, 1.807) is 30.6 Å². The van der Waals surface area contributed by atoms with Crippen molar-refractivity contribution in [1.82, 2.24) is 44.6 Å². The van der Waals surface area contributed by atoms with Crippen molar-refractivity contribution in [2.75, 3.05) is 42.9 Å². The molecule has 5 atom stereocenters. The Bertz CT molecular complexity index is 1890. The number of likely N-dealkylation sites (tertiary alicyclic amines) is 1. The van der Waals surface area contributed by atoms with Crippen molar-refractivity contribution in [2.24, 2.45) is 0 Å². The van der Waals surface area contributed by atoms with E-state index >= 15 is 0 Å². The number of fused-ring (bicyclic) bond motifs is 1. The minimum Gasteiger partial charge on any atom is -0.508 e. The van der Waals surface area contributed by atoms with E-state index in [1.165, 1.54) is 17.6 Å². The van der Waals surface area contributed by atoms with Crippen molar-refractivity contribution in [3.05, 3.63) is 71.8 Å². The number of nitrogens with zero attached hydrogens (tertiary/aromatic N) is 10. The zero-order valence-electron chi connectivity index (χ0n) is 28.4. The van der Waals surface area contributed by atoms with Crippen molar-refractivity contribution in [1.29, 1.82) is 0 Å². The number of anilines is 2. The molecule has 3 aliphatic rings. The number of nitrogens with one attached hydrogen (secondary N) is 1. The van der Waals surface area contributed by atoms with Gasteiger partial charge in [-0.25, -0.2) is 4.98 Å². The number of halogens is 1. The van der Waals surface area contributed by atoms with Gasteiger partial charge in [-0.05, 0) is 79.4 Å². The van der Waals surface area contributed by atoms with Gasteiger partial charge in [-0.3, -0.25) is 4.90 Å². The van der Waals surface area contributed by atoms with Crippen LogP contribution in [0.2, 0.25) is 0 Å². The lowest BCUT2D eigenvalue weighted by Crippen LogP contribution is -2.35. The molecule has 270 valence electrons. The number of hydrogen-bond donors (Lipinski definition) is 5. The standard InChI is InChI=1S/C35H43N11O4.ClH/c1-2-29-40-42-46(41-29)28-17-27(31(49)32(28)50)45-20-37-30-33(38-35(39-34(30)45)44-16-13-23(19-44)43-14-3-4-15-43)36-18-26(21-5-9-24(47)10-6-21)22-7-11-25(48)12-8-22;/h5-12,20,23,26-28,31-32,47-50H,2-4,13-19H2,1H3,(H,36,38,39);1H/t23-,27-,28+,31+,32-;/m1./s1. The van der Waals surface area contributed by atoms with Gasteiger partial charge in [0.15, 0.2) is 22.8 Å². The molecule has 5 N–H and O–H groups in total. The fraction of sp³-hybridized carbons (Fsp3) is 0.486. The summed E-state index contributed by atoms with van der Waals surface area (Å²) in [6.07, 6.45) is 3.93. The van der Waals surface area contributed by atoms with Crippen molar-refractivity contribution in [3.63, 3.8) is 0 Å². The Hall–Kier alpha value is -4.57. The van der Waals surface area contributed by atoms with Gasteiger partial charge in [0.25, 0.3) is 0 Å². The zero-order chi connectivity index (χ0) is 34.4. The highest BCUT2D eigenvalue weighted by atomic mass is 35.5. The van der Waals surface area contributed by atoms with Gasteiger partial charge in [0.1, 0.15) is 29.7 Å². The molecule has 2 saturated heterocycles. The average molecular weight is 718 g/mol. The zero-order valence-corrected chi connectivity index (χ0v) is 29.2. The third-order valence-corrected chi connectivity index (χ3v) is 10.6. The number of rotatable bonds is 10. The second-order valence-electron chi connectivity index (χ2n) is 13.7. The number of phenolic OH excluding ortho intramolecular Hbond substituents is 2. The van der Waals surface area contributed by atoms with Gasteiger partial charge < -0.3 is 35.2 Å². The molecule has 0 unspecified atom stereocenters. The van der Waals surface area contributed by atoms with Gasteiger partial charge in [0.2, 0.25) is 5.95 Å². The van der Waals surface area contributed by atoms with Crippen LogP contribution in [-0.2, 0) is 6.42 Å². The predicted octanol–water partition coefficient (Wildman–Crippen LogP) is 3.03. The Kier molecular flexibility index (Phi) is 9.97. The second-order valence-corrected chi connectivity index (χ2v) is 13.7. The quantitative estimate of drug-likeness (QED) is 0.142. The number of aliphatic hydroxyl groups excluding tert-OH is 2. The average Bonchev–Trinajstić information content (AvgIpc) is 3.98. The number of phenols is 2. The van der Waals surface area contributed by atoms with Gasteiger partial charge in [-0.15, -0.1) is 22.6 Å². The smallest absolute Gasteiger partial charge is 0.229 e. The first-order valence-electron chi connectivity index (χ1n) is 17.6. The number of hydrogen-bond acceptors (Lipinski definition) is 13. The van der Waals surface area contributed by atoms with Crippen LogP contribution < -0.4 is 10.2 Å². The summed E-state index contributed by atoms with van der Waals surface area (Å²) >= 11 is 0. The second kappa shape index (κ2) is 14.6. The highest BCUT2D eigenvalue weighted by Gasteiger charge is 2.45. The molecule has 16 heteroatoms. The van der Waals surface area contributed by atoms with E-state index in [0.717, 1.165) is 43.7 Å². The van der Waals surface area contributed by atoms with Crippen LogP contribution in [0.4, 0.5) is 11.8 Å². The molecule has 5 aromatic rings. The number of aromatic nitrogens is 8. The third-order valence-electron chi connectivity index (χ3n) is 10.6. The number of aromatic hydroxyl groups is 2. The molecule has 1 aliphatic carbocycles. The van der Waals surface area contributed by atoms with Crippen molar-refractivity contribution >= 4 is 35.3 Å². The lowest BCUT2D eigenvalue weighted by atomic mass is 9.91. The molecule has 51 heavy (non-hydrogen) atoms. The molecule has 0 amide bonds. The third kappa shape index (κ3) is 6.78. The van der Waals surface area contributed by atoms with Crippen LogP contribution in [0.3, 0.4) is 0 Å². The van der Waals surface area contributed by atoms with Gasteiger partial charge in [-0.2, -0.15) is 14.8 Å². The van der Waals surface area contributed by atoms with E-state index in [9.17, 15) is 20.4 Å². The van der Waals surface area contributed by atoms with E-state index in [1.807, 2.05) is 35.8 Å². The van der Waals surface area contributed by atoms with Gasteiger partial charge in [0, 0.05) is 38.0 Å². The van der Waals surface area contributed by atoms with E-state index in [-0.39, 0.29) is 29.8 Å². The maximum absolute atomic E-state index is 11.4. The Balaban J connectivity index is 0.00000406. The number of tetrazole rings is 1. The molecular weight excluding hydrogens is 674 g/mol. The molecule has 15 nitrogen and oxygen atoms in total. The van der Waals surface area contributed by atoms with Gasteiger partial charge in [-0.1, -0.05) is 31.2 Å². The first-order valence-corrected chi connectivity index (χ1v) is 17.6. The summed E-state index contributed by atoms with van der Waals surface area (Å²) in [5, 5.41) is 58.7.